The molecule has 14 heavy (non-hydrogen) atoms. The van der Waals surface area contributed by atoms with Gasteiger partial charge < -0.3 is 0 Å². The van der Waals surface area contributed by atoms with Crippen LogP contribution in [0, 0.1) is 6.92 Å². The molecule has 1 unspecified atom stereocenters. The number of aromatic amines is 1. The van der Waals surface area contributed by atoms with Crippen LogP contribution < -0.4 is 5.56 Å². The lowest BCUT2D eigenvalue weighted by Gasteiger charge is -2.03. The molecule has 1 N–H and O–H groups in total. The number of carbonyl (C=O) groups excluding carboxylic acids is 1. The number of hydrogen-bond donors (Lipinski definition) is 1. The fraction of sp³-hybridized carbons (Fsp3) is 0.600. The van der Waals surface area contributed by atoms with Crippen LogP contribution in [0.25, 0.3) is 0 Å². The van der Waals surface area contributed by atoms with E-state index in [1.165, 1.54) is 4.68 Å². The topological polar surface area (TPSA) is 54.9 Å². The van der Waals surface area contributed by atoms with Crippen LogP contribution in [-0.4, -0.2) is 15.6 Å². The molecule has 2 rings (SSSR count). The lowest BCUT2D eigenvalue weighted by molar-refractivity contribution is -0.117. The number of carbonyl (C=O) groups is 1. The molecule has 1 aromatic heterocycles. The maximum atomic E-state index is 11.7. The zero-order valence-corrected chi connectivity index (χ0v) is 8.46. The Morgan fingerprint density at radius 2 is 2.14 bits per heavy atom. The number of nitrogens with zero attached hydrogens (tertiary/aromatic N) is 1. The van der Waals surface area contributed by atoms with Gasteiger partial charge in [-0.2, -0.15) is 0 Å². The van der Waals surface area contributed by atoms with Gasteiger partial charge in [0.25, 0.3) is 5.56 Å². The van der Waals surface area contributed by atoms with E-state index in [0.29, 0.717) is 12.8 Å². The van der Waals surface area contributed by atoms with E-state index in [2.05, 4.69) is 5.10 Å². The number of Topliss-reactive ketones (excluding diaryl/α,β-unsaturated/α-hetero) is 1. The largest absolute Gasteiger partial charge is 0.300 e. The molecule has 0 amide bonds. The van der Waals surface area contributed by atoms with Gasteiger partial charge >= 0.3 is 0 Å². The van der Waals surface area contributed by atoms with Crippen LogP contribution in [0.15, 0.2) is 4.79 Å². The molecular formula is C10H14N2O2. The Bertz CT molecular complexity index is 428. The van der Waals surface area contributed by atoms with E-state index in [9.17, 15) is 9.59 Å². The minimum Gasteiger partial charge on any atom is -0.300 e. The van der Waals surface area contributed by atoms with Crippen LogP contribution >= 0.6 is 0 Å². The molecule has 0 aromatic carbocycles. The highest BCUT2D eigenvalue weighted by Gasteiger charge is 2.28. The Balaban J connectivity index is 2.41. The summed E-state index contributed by atoms with van der Waals surface area (Å²) in [7, 11) is 1.70. The second kappa shape index (κ2) is 3.12. The van der Waals surface area contributed by atoms with E-state index < -0.39 is 0 Å². The van der Waals surface area contributed by atoms with Crippen LogP contribution in [0.5, 0.6) is 0 Å². The molecule has 4 heteroatoms. The van der Waals surface area contributed by atoms with Gasteiger partial charge in [0.15, 0.2) is 0 Å². The molecule has 1 saturated carbocycles. The van der Waals surface area contributed by atoms with Gasteiger partial charge in [0.05, 0.1) is 0 Å². The summed E-state index contributed by atoms with van der Waals surface area (Å²) in [5, 5.41) is 2.96. The van der Waals surface area contributed by atoms with E-state index in [0.717, 1.165) is 17.7 Å². The molecule has 0 aliphatic heterocycles. The molecule has 1 aliphatic rings. The predicted octanol–water partition coefficient (Wildman–Crippen LogP) is 0.858. The molecular weight excluding hydrogens is 180 g/mol. The van der Waals surface area contributed by atoms with Crippen LogP contribution in [0.1, 0.15) is 36.4 Å². The predicted molar refractivity (Wildman–Crippen MR) is 52.4 cm³/mol. The lowest BCUT2D eigenvalue weighted by Crippen LogP contribution is -2.17. The van der Waals surface area contributed by atoms with Crippen LogP contribution in [0.4, 0.5) is 0 Å². The van der Waals surface area contributed by atoms with Crippen molar-refractivity contribution in [1.82, 2.24) is 9.78 Å². The zero-order valence-electron chi connectivity index (χ0n) is 8.46. The average molecular weight is 194 g/mol. The van der Waals surface area contributed by atoms with Gasteiger partial charge in [0.2, 0.25) is 0 Å². The number of aromatic nitrogens is 2. The van der Waals surface area contributed by atoms with E-state index in [1.54, 1.807) is 7.05 Å². The fourth-order valence-electron chi connectivity index (χ4n) is 2.25. The standard InChI is InChI=1S/C10H14N2O2/c1-6-9(10(14)12(2)11-6)7-3-4-8(13)5-7/h7,11H,3-5H2,1-2H3. The fourth-order valence-corrected chi connectivity index (χ4v) is 2.25. The van der Waals surface area contributed by atoms with Crippen molar-refractivity contribution in [2.75, 3.05) is 0 Å². The lowest BCUT2D eigenvalue weighted by atomic mass is 9.98. The van der Waals surface area contributed by atoms with Gasteiger partial charge in [-0.3, -0.25) is 19.4 Å². The molecule has 0 bridgehead atoms. The number of aryl methyl sites for hydroxylation is 2. The molecule has 1 aliphatic carbocycles. The van der Waals surface area contributed by atoms with Crippen molar-refractivity contribution >= 4 is 5.78 Å². The second-order valence-electron chi connectivity index (χ2n) is 3.99. The Kier molecular flexibility index (Phi) is 2.06. The second-order valence-corrected chi connectivity index (χ2v) is 3.99. The first-order valence-corrected chi connectivity index (χ1v) is 4.86. The molecule has 1 fully saturated rings. The SMILES string of the molecule is Cc1[nH]n(C)c(=O)c1C1CCC(=O)C1. The minimum atomic E-state index is 0.0159. The van der Waals surface area contributed by atoms with Crippen LogP contribution in [0.2, 0.25) is 0 Å². The monoisotopic (exact) mass is 194 g/mol. The van der Waals surface area contributed by atoms with Crippen molar-refractivity contribution < 1.29 is 4.79 Å². The highest BCUT2D eigenvalue weighted by molar-refractivity contribution is 5.81. The summed E-state index contributed by atoms with van der Waals surface area (Å²) >= 11 is 0. The quantitative estimate of drug-likeness (QED) is 0.720. The van der Waals surface area contributed by atoms with Gasteiger partial charge in [0, 0.05) is 31.1 Å². The van der Waals surface area contributed by atoms with Crippen LogP contribution in [-0.2, 0) is 11.8 Å². The normalized spacial score (nSPS) is 21.9. The summed E-state index contributed by atoms with van der Waals surface area (Å²) in [6.07, 6.45) is 1.99. The third kappa shape index (κ3) is 1.31. The highest BCUT2D eigenvalue weighted by atomic mass is 16.1. The molecule has 0 saturated heterocycles. The molecule has 76 valence electrons. The Morgan fingerprint density at radius 1 is 1.43 bits per heavy atom. The molecule has 0 spiro atoms. The van der Waals surface area contributed by atoms with Gasteiger partial charge in [-0.15, -0.1) is 0 Å². The summed E-state index contributed by atoms with van der Waals surface area (Å²) in [5.74, 6) is 0.421. The summed E-state index contributed by atoms with van der Waals surface area (Å²) in [5.41, 5.74) is 1.72. The van der Waals surface area contributed by atoms with Gasteiger partial charge in [-0.1, -0.05) is 0 Å². The van der Waals surface area contributed by atoms with Crippen molar-refractivity contribution in [3.05, 3.63) is 21.6 Å². The Morgan fingerprint density at radius 3 is 2.57 bits per heavy atom. The first-order chi connectivity index (χ1) is 6.59. The molecule has 0 radical (unpaired) electrons. The third-order valence-corrected chi connectivity index (χ3v) is 2.93. The number of nitrogens with one attached hydrogen (secondary N) is 1. The number of hydrogen-bond acceptors (Lipinski definition) is 2. The smallest absolute Gasteiger partial charge is 0.269 e. The van der Waals surface area contributed by atoms with Crippen molar-refractivity contribution in [3.8, 4) is 0 Å². The van der Waals surface area contributed by atoms with E-state index in [-0.39, 0.29) is 17.3 Å². The molecule has 4 nitrogen and oxygen atoms in total. The van der Waals surface area contributed by atoms with Gasteiger partial charge in [0.1, 0.15) is 5.78 Å². The Labute approximate surface area is 81.9 Å². The van der Waals surface area contributed by atoms with Gasteiger partial charge in [-0.25, -0.2) is 0 Å². The molecule has 1 heterocycles. The van der Waals surface area contributed by atoms with Crippen LogP contribution in [0.3, 0.4) is 0 Å². The van der Waals surface area contributed by atoms with E-state index in [4.69, 9.17) is 0 Å². The summed E-state index contributed by atoms with van der Waals surface area (Å²) in [6, 6.07) is 0. The van der Waals surface area contributed by atoms with Crippen molar-refractivity contribution in [1.29, 1.82) is 0 Å². The van der Waals surface area contributed by atoms with Crippen molar-refractivity contribution in [2.45, 2.75) is 32.1 Å². The van der Waals surface area contributed by atoms with Crippen molar-refractivity contribution in [2.24, 2.45) is 7.05 Å². The summed E-state index contributed by atoms with van der Waals surface area (Å²) in [6.45, 7) is 1.89. The summed E-state index contributed by atoms with van der Waals surface area (Å²) in [4.78, 5) is 22.8. The van der Waals surface area contributed by atoms with Gasteiger partial charge in [-0.05, 0) is 19.3 Å². The maximum absolute atomic E-state index is 11.7. The van der Waals surface area contributed by atoms with E-state index in [1.807, 2.05) is 6.92 Å². The average Bonchev–Trinajstić information content (AvgIpc) is 2.60. The Hall–Kier alpha value is -1.32. The molecule has 1 atom stereocenters. The van der Waals surface area contributed by atoms with E-state index >= 15 is 0 Å². The first-order valence-electron chi connectivity index (χ1n) is 4.86. The molecule has 1 aromatic rings. The maximum Gasteiger partial charge on any atom is 0.269 e. The third-order valence-electron chi connectivity index (χ3n) is 2.93. The van der Waals surface area contributed by atoms with Crippen molar-refractivity contribution in [3.63, 3.8) is 0 Å². The first kappa shape index (κ1) is 9.24. The number of H-pyrrole nitrogens is 1. The number of ketones is 1. The highest BCUT2D eigenvalue weighted by Crippen LogP contribution is 2.31. The zero-order chi connectivity index (χ0) is 10.3. The minimum absolute atomic E-state index is 0.0159. The summed E-state index contributed by atoms with van der Waals surface area (Å²) < 4.78 is 1.48. The number of rotatable bonds is 1.